The lowest BCUT2D eigenvalue weighted by Gasteiger charge is -1.90. The summed E-state index contributed by atoms with van der Waals surface area (Å²) in [5.41, 5.74) is 6.03. The van der Waals surface area contributed by atoms with E-state index in [2.05, 4.69) is 31.0 Å². The van der Waals surface area contributed by atoms with Crippen LogP contribution in [0.25, 0.3) is 5.78 Å². The summed E-state index contributed by atoms with van der Waals surface area (Å²) in [4.78, 5) is 7.89. The van der Waals surface area contributed by atoms with Gasteiger partial charge in [-0.15, -0.1) is 5.10 Å². The topological polar surface area (TPSA) is 69.1 Å². The molecule has 0 saturated heterocycles. The Labute approximate surface area is 70.4 Å². The van der Waals surface area contributed by atoms with Crippen molar-refractivity contribution < 1.29 is 0 Å². The minimum absolute atomic E-state index is 0.510. The van der Waals surface area contributed by atoms with Gasteiger partial charge in [-0.3, -0.25) is 0 Å². The third-order valence-electron chi connectivity index (χ3n) is 1.19. The van der Waals surface area contributed by atoms with Crippen LogP contribution in [-0.4, -0.2) is 19.6 Å². The standard InChI is InChI=1S/C5H4BrN5/c6-4-9-5-8-1-3(7)2-11(5)10-4/h1-2H,7H2. The number of hydrogen-bond acceptors (Lipinski definition) is 4. The third kappa shape index (κ3) is 1.05. The SMILES string of the molecule is Nc1cnc2nc(Br)nn2c1. The van der Waals surface area contributed by atoms with Crippen LogP contribution < -0.4 is 5.73 Å². The van der Waals surface area contributed by atoms with Crippen molar-refractivity contribution in [2.45, 2.75) is 0 Å². The first-order valence-electron chi connectivity index (χ1n) is 2.89. The fraction of sp³-hybridized carbons (Fsp3) is 0. The zero-order valence-corrected chi connectivity index (χ0v) is 6.98. The molecule has 0 saturated carbocycles. The van der Waals surface area contributed by atoms with Crippen LogP contribution in [0.4, 0.5) is 5.69 Å². The Hall–Kier alpha value is -1.17. The second kappa shape index (κ2) is 2.16. The monoisotopic (exact) mass is 213 g/mol. The first-order valence-corrected chi connectivity index (χ1v) is 3.68. The highest BCUT2D eigenvalue weighted by Gasteiger charge is 1.99. The molecule has 0 fully saturated rings. The zero-order chi connectivity index (χ0) is 7.84. The van der Waals surface area contributed by atoms with Gasteiger partial charge < -0.3 is 5.73 Å². The fourth-order valence-corrected chi connectivity index (χ4v) is 1.10. The summed E-state index contributed by atoms with van der Waals surface area (Å²) in [6.07, 6.45) is 3.19. The van der Waals surface area contributed by atoms with Gasteiger partial charge in [0.05, 0.1) is 18.1 Å². The molecule has 2 aromatic heterocycles. The number of anilines is 1. The van der Waals surface area contributed by atoms with E-state index in [9.17, 15) is 0 Å². The smallest absolute Gasteiger partial charge is 0.253 e. The highest BCUT2D eigenvalue weighted by molar-refractivity contribution is 9.10. The van der Waals surface area contributed by atoms with E-state index in [-0.39, 0.29) is 0 Å². The van der Waals surface area contributed by atoms with Crippen molar-refractivity contribution in [2.24, 2.45) is 0 Å². The van der Waals surface area contributed by atoms with E-state index >= 15 is 0 Å². The summed E-state index contributed by atoms with van der Waals surface area (Å²) in [6.45, 7) is 0. The number of halogens is 1. The summed E-state index contributed by atoms with van der Waals surface area (Å²) in [6, 6.07) is 0. The molecule has 2 aromatic rings. The van der Waals surface area contributed by atoms with Crippen LogP contribution in [0.1, 0.15) is 0 Å². The van der Waals surface area contributed by atoms with Crippen LogP contribution in [0.2, 0.25) is 0 Å². The van der Waals surface area contributed by atoms with Gasteiger partial charge in [-0.05, 0) is 15.9 Å². The largest absolute Gasteiger partial charge is 0.396 e. The van der Waals surface area contributed by atoms with Gasteiger partial charge in [-0.1, -0.05) is 0 Å². The van der Waals surface area contributed by atoms with Gasteiger partial charge in [0.15, 0.2) is 0 Å². The van der Waals surface area contributed by atoms with Crippen molar-refractivity contribution in [3.63, 3.8) is 0 Å². The van der Waals surface area contributed by atoms with E-state index in [1.165, 1.54) is 10.7 Å². The Morgan fingerprint density at radius 1 is 1.55 bits per heavy atom. The number of fused-ring (bicyclic) bond motifs is 1. The molecule has 56 valence electrons. The molecule has 0 amide bonds. The van der Waals surface area contributed by atoms with Gasteiger partial charge in [0.25, 0.3) is 5.78 Å². The molecule has 6 heteroatoms. The summed E-state index contributed by atoms with van der Waals surface area (Å²) in [7, 11) is 0. The molecule has 0 aliphatic carbocycles. The van der Waals surface area contributed by atoms with Crippen molar-refractivity contribution >= 4 is 27.4 Å². The van der Waals surface area contributed by atoms with Gasteiger partial charge in [0.1, 0.15) is 0 Å². The molecule has 0 bridgehead atoms. The normalized spacial score (nSPS) is 10.6. The van der Waals surface area contributed by atoms with E-state index < -0.39 is 0 Å². The maximum Gasteiger partial charge on any atom is 0.253 e. The molecule has 2 heterocycles. The Morgan fingerprint density at radius 2 is 2.36 bits per heavy atom. The van der Waals surface area contributed by atoms with Gasteiger partial charge in [-0.25, -0.2) is 9.50 Å². The number of rotatable bonds is 0. The maximum absolute atomic E-state index is 5.47. The molecule has 0 aliphatic rings. The summed E-state index contributed by atoms with van der Waals surface area (Å²) in [5, 5.41) is 3.95. The van der Waals surface area contributed by atoms with Gasteiger partial charge in [0, 0.05) is 0 Å². The lowest BCUT2D eigenvalue weighted by Crippen LogP contribution is -1.94. The number of nitrogen functional groups attached to an aromatic ring is 1. The Kier molecular flexibility index (Phi) is 1.28. The molecule has 0 radical (unpaired) electrons. The van der Waals surface area contributed by atoms with Crippen molar-refractivity contribution in [1.82, 2.24) is 19.6 Å². The minimum atomic E-state index is 0.510. The third-order valence-corrected chi connectivity index (χ3v) is 1.52. The lowest BCUT2D eigenvalue weighted by atomic mass is 10.6. The zero-order valence-electron chi connectivity index (χ0n) is 5.40. The molecule has 0 aromatic carbocycles. The second-order valence-electron chi connectivity index (χ2n) is 2.01. The molecule has 0 spiro atoms. The summed E-state index contributed by atoms with van der Waals surface area (Å²) < 4.78 is 2.02. The number of nitrogens with two attached hydrogens (primary N) is 1. The quantitative estimate of drug-likeness (QED) is 0.691. The highest BCUT2D eigenvalue weighted by atomic mass is 79.9. The van der Waals surface area contributed by atoms with Crippen LogP contribution in [0.3, 0.4) is 0 Å². The van der Waals surface area contributed by atoms with Gasteiger partial charge >= 0.3 is 0 Å². The molecule has 11 heavy (non-hydrogen) atoms. The Bertz CT molecular complexity index is 395. The fourth-order valence-electron chi connectivity index (χ4n) is 0.771. The van der Waals surface area contributed by atoms with Crippen molar-refractivity contribution in [3.8, 4) is 0 Å². The van der Waals surface area contributed by atoms with E-state index in [0.29, 0.717) is 16.2 Å². The number of hydrogen-bond donors (Lipinski definition) is 1. The predicted molar refractivity (Wildman–Crippen MR) is 42.9 cm³/mol. The van der Waals surface area contributed by atoms with Crippen LogP contribution in [0, 0.1) is 0 Å². The van der Waals surface area contributed by atoms with E-state index in [1.54, 1.807) is 6.20 Å². The lowest BCUT2D eigenvalue weighted by molar-refractivity contribution is 0.930. The highest BCUT2D eigenvalue weighted by Crippen LogP contribution is 2.05. The molecular weight excluding hydrogens is 210 g/mol. The maximum atomic E-state index is 5.47. The van der Waals surface area contributed by atoms with Crippen LogP contribution in [0.15, 0.2) is 17.1 Å². The first kappa shape index (κ1) is 6.53. The van der Waals surface area contributed by atoms with Crippen molar-refractivity contribution in [2.75, 3.05) is 5.73 Å². The summed E-state index contributed by atoms with van der Waals surface area (Å²) >= 11 is 3.13. The van der Waals surface area contributed by atoms with Gasteiger partial charge in [-0.2, -0.15) is 4.98 Å². The molecule has 0 aliphatic heterocycles. The molecule has 0 atom stereocenters. The minimum Gasteiger partial charge on any atom is -0.396 e. The summed E-state index contributed by atoms with van der Waals surface area (Å²) in [5.74, 6) is 0.533. The van der Waals surface area contributed by atoms with E-state index in [0.717, 1.165) is 0 Å². The van der Waals surface area contributed by atoms with Crippen LogP contribution in [0.5, 0.6) is 0 Å². The van der Waals surface area contributed by atoms with Crippen molar-refractivity contribution in [1.29, 1.82) is 0 Å². The molecule has 2 rings (SSSR count). The number of aromatic nitrogens is 4. The first-order chi connectivity index (χ1) is 5.25. The molecule has 0 unspecified atom stereocenters. The van der Waals surface area contributed by atoms with E-state index in [1.807, 2.05) is 0 Å². The van der Waals surface area contributed by atoms with Crippen molar-refractivity contribution in [3.05, 3.63) is 17.1 Å². The number of nitrogens with zero attached hydrogens (tertiary/aromatic N) is 4. The predicted octanol–water partition coefficient (Wildman–Crippen LogP) is 0.469. The molecule has 2 N–H and O–H groups in total. The van der Waals surface area contributed by atoms with Gasteiger partial charge in [0.2, 0.25) is 4.73 Å². The Balaban J connectivity index is 2.82. The average Bonchev–Trinajstić information content (AvgIpc) is 2.27. The molecular formula is C5H4BrN5. The Morgan fingerprint density at radius 3 is 3.18 bits per heavy atom. The van der Waals surface area contributed by atoms with Crippen LogP contribution in [-0.2, 0) is 0 Å². The molecule has 5 nitrogen and oxygen atoms in total. The van der Waals surface area contributed by atoms with E-state index in [4.69, 9.17) is 5.73 Å². The van der Waals surface area contributed by atoms with Crippen LogP contribution >= 0.6 is 15.9 Å². The second-order valence-corrected chi connectivity index (χ2v) is 2.72. The average molecular weight is 214 g/mol.